The van der Waals surface area contributed by atoms with Crippen molar-refractivity contribution < 1.29 is 14.3 Å². The van der Waals surface area contributed by atoms with Crippen molar-refractivity contribution in [1.29, 1.82) is 0 Å². The number of benzene rings is 1. The molecule has 0 saturated heterocycles. The first kappa shape index (κ1) is 19.3. The van der Waals surface area contributed by atoms with E-state index in [0.717, 1.165) is 6.42 Å². The van der Waals surface area contributed by atoms with Crippen LogP contribution in [0.25, 0.3) is 0 Å². The molecule has 1 unspecified atom stereocenters. The van der Waals surface area contributed by atoms with Gasteiger partial charge >= 0.3 is 5.97 Å². The van der Waals surface area contributed by atoms with Crippen LogP contribution in [0.5, 0.6) is 5.75 Å². The summed E-state index contributed by atoms with van der Waals surface area (Å²) in [6.07, 6.45) is 1.50. The number of aryl methyl sites for hydroxylation is 1. The number of carbonyl (C=O) groups excluding carboxylic acids is 1. The highest BCUT2D eigenvalue weighted by molar-refractivity contribution is 6.36. The summed E-state index contributed by atoms with van der Waals surface area (Å²) in [7, 11) is 1.22. The average molecular weight is 409 g/mol. The van der Waals surface area contributed by atoms with Gasteiger partial charge in [-0.25, -0.2) is 4.79 Å². The molecule has 0 amide bonds. The van der Waals surface area contributed by atoms with Crippen LogP contribution in [-0.2, 0) is 16.0 Å². The molecule has 1 atom stereocenters. The van der Waals surface area contributed by atoms with Gasteiger partial charge < -0.3 is 20.2 Å². The third-order valence-corrected chi connectivity index (χ3v) is 5.02. The van der Waals surface area contributed by atoms with Gasteiger partial charge in [0.15, 0.2) is 0 Å². The topological polar surface area (TPSA) is 94.4 Å². The van der Waals surface area contributed by atoms with Crippen molar-refractivity contribution in [2.75, 3.05) is 7.11 Å². The summed E-state index contributed by atoms with van der Waals surface area (Å²) in [6, 6.07) is 6.64. The lowest BCUT2D eigenvalue weighted by Gasteiger charge is -2.28. The standard InChI is InChI=1S/C19H18Cl2N2O4/c1-3-5-9-8-12-14(18(24)23-9)15(13-10(20)6-4-7-11(13)21)16(17(22)27-12)19(25)26-2/h4,6-8,15H,3,5,22H2,1-2H3,(H,23,24). The third kappa shape index (κ3) is 3.42. The number of methoxy groups -OCH3 is 1. The smallest absolute Gasteiger partial charge is 0.340 e. The van der Waals surface area contributed by atoms with Gasteiger partial charge in [-0.05, 0) is 18.6 Å². The van der Waals surface area contributed by atoms with Crippen molar-refractivity contribution in [3.05, 3.63) is 72.9 Å². The first-order valence-corrected chi connectivity index (χ1v) is 9.10. The third-order valence-electron chi connectivity index (χ3n) is 4.37. The number of nitrogens with one attached hydrogen (secondary N) is 1. The molecule has 0 fully saturated rings. The van der Waals surface area contributed by atoms with Crippen LogP contribution in [0.2, 0.25) is 10.0 Å². The maximum atomic E-state index is 12.9. The second kappa shape index (κ2) is 7.66. The fourth-order valence-electron chi connectivity index (χ4n) is 3.22. The summed E-state index contributed by atoms with van der Waals surface area (Å²) in [6.45, 7) is 1.99. The molecule has 2 aromatic rings. The van der Waals surface area contributed by atoms with E-state index in [4.69, 9.17) is 38.4 Å². The van der Waals surface area contributed by atoms with E-state index in [-0.39, 0.29) is 22.8 Å². The number of rotatable bonds is 4. The van der Waals surface area contributed by atoms with Crippen LogP contribution in [0.3, 0.4) is 0 Å². The molecule has 0 aliphatic carbocycles. The van der Waals surface area contributed by atoms with Crippen LogP contribution in [0.15, 0.2) is 40.5 Å². The molecule has 27 heavy (non-hydrogen) atoms. The Balaban J connectivity index is 2.34. The number of pyridine rings is 1. The molecule has 0 saturated carbocycles. The number of halogens is 2. The Labute approximate surface area is 165 Å². The lowest BCUT2D eigenvalue weighted by molar-refractivity contribution is -0.136. The van der Waals surface area contributed by atoms with Gasteiger partial charge in [-0.3, -0.25) is 4.79 Å². The monoisotopic (exact) mass is 408 g/mol. The maximum Gasteiger partial charge on any atom is 0.340 e. The number of fused-ring (bicyclic) bond motifs is 1. The molecule has 0 radical (unpaired) electrons. The van der Waals surface area contributed by atoms with E-state index in [0.29, 0.717) is 27.7 Å². The van der Waals surface area contributed by atoms with E-state index in [1.807, 2.05) is 6.92 Å². The normalized spacial score (nSPS) is 15.9. The molecule has 1 aromatic carbocycles. The van der Waals surface area contributed by atoms with Crippen molar-refractivity contribution in [3.63, 3.8) is 0 Å². The van der Waals surface area contributed by atoms with E-state index < -0.39 is 17.4 Å². The van der Waals surface area contributed by atoms with E-state index in [1.54, 1.807) is 24.3 Å². The van der Waals surface area contributed by atoms with Gasteiger partial charge in [0.25, 0.3) is 5.56 Å². The zero-order valence-electron chi connectivity index (χ0n) is 14.8. The summed E-state index contributed by atoms with van der Waals surface area (Å²) < 4.78 is 10.5. The first-order chi connectivity index (χ1) is 12.9. The molecule has 6 nitrogen and oxygen atoms in total. The minimum Gasteiger partial charge on any atom is -0.465 e. The predicted molar refractivity (Wildman–Crippen MR) is 103 cm³/mol. The summed E-state index contributed by atoms with van der Waals surface area (Å²) in [4.78, 5) is 28.2. The minimum atomic E-state index is -0.915. The fourth-order valence-corrected chi connectivity index (χ4v) is 3.84. The van der Waals surface area contributed by atoms with Gasteiger partial charge in [-0.2, -0.15) is 0 Å². The maximum absolute atomic E-state index is 12.9. The van der Waals surface area contributed by atoms with Crippen LogP contribution in [-0.4, -0.2) is 18.1 Å². The average Bonchev–Trinajstić information content (AvgIpc) is 2.60. The van der Waals surface area contributed by atoms with Crippen LogP contribution < -0.4 is 16.0 Å². The summed E-state index contributed by atoms with van der Waals surface area (Å²) in [5.41, 5.74) is 6.92. The minimum absolute atomic E-state index is 0.0197. The van der Waals surface area contributed by atoms with E-state index >= 15 is 0 Å². The number of hydrogen-bond acceptors (Lipinski definition) is 5. The predicted octanol–water partition coefficient (Wildman–Crippen LogP) is 3.50. The molecular formula is C19H18Cl2N2O4. The lowest BCUT2D eigenvalue weighted by atomic mass is 9.83. The van der Waals surface area contributed by atoms with Gasteiger partial charge in [0.05, 0.1) is 18.6 Å². The number of nitrogens with two attached hydrogens (primary N) is 1. The molecule has 0 bridgehead atoms. The van der Waals surface area contributed by atoms with Gasteiger partial charge in [-0.1, -0.05) is 42.6 Å². The van der Waals surface area contributed by atoms with Crippen LogP contribution in [0.1, 0.15) is 36.1 Å². The van der Waals surface area contributed by atoms with Crippen LogP contribution >= 0.6 is 23.2 Å². The Morgan fingerprint density at radius 2 is 1.96 bits per heavy atom. The molecule has 2 heterocycles. The van der Waals surface area contributed by atoms with Crippen molar-refractivity contribution in [3.8, 4) is 5.75 Å². The number of carbonyl (C=O) groups is 1. The van der Waals surface area contributed by atoms with E-state index in [1.165, 1.54) is 7.11 Å². The molecule has 1 aliphatic rings. The Bertz CT molecular complexity index is 977. The number of esters is 1. The lowest BCUT2D eigenvalue weighted by Crippen LogP contribution is -2.32. The first-order valence-electron chi connectivity index (χ1n) is 8.34. The summed E-state index contributed by atoms with van der Waals surface area (Å²) in [5.74, 6) is -1.52. The molecular weight excluding hydrogens is 391 g/mol. The molecule has 142 valence electrons. The zero-order chi connectivity index (χ0) is 19.7. The van der Waals surface area contributed by atoms with Gasteiger partial charge in [0.2, 0.25) is 5.88 Å². The fraction of sp³-hybridized carbons (Fsp3) is 0.263. The van der Waals surface area contributed by atoms with E-state index in [2.05, 4.69) is 4.98 Å². The molecule has 8 heteroatoms. The van der Waals surface area contributed by atoms with Gasteiger partial charge in [0.1, 0.15) is 11.3 Å². The van der Waals surface area contributed by atoms with Crippen LogP contribution in [0, 0.1) is 0 Å². The molecule has 0 spiro atoms. The molecule has 1 aromatic heterocycles. The second-order valence-electron chi connectivity index (χ2n) is 6.09. The van der Waals surface area contributed by atoms with Crippen molar-refractivity contribution in [1.82, 2.24) is 4.98 Å². The zero-order valence-corrected chi connectivity index (χ0v) is 16.3. The van der Waals surface area contributed by atoms with Gasteiger partial charge in [0, 0.05) is 27.4 Å². The molecule has 3 rings (SSSR count). The quantitative estimate of drug-likeness (QED) is 0.754. The Morgan fingerprint density at radius 1 is 1.30 bits per heavy atom. The molecule has 3 N–H and O–H groups in total. The number of ether oxygens (including phenoxy) is 2. The number of aromatic nitrogens is 1. The van der Waals surface area contributed by atoms with Gasteiger partial charge in [-0.15, -0.1) is 0 Å². The highest BCUT2D eigenvalue weighted by atomic mass is 35.5. The SMILES string of the molecule is CCCc1cc2c(c(=O)[nH]1)C(c1c(Cl)cccc1Cl)C(C(=O)OC)=C(N)O2. The largest absolute Gasteiger partial charge is 0.465 e. The number of H-pyrrole nitrogens is 1. The number of aromatic amines is 1. The van der Waals surface area contributed by atoms with Crippen molar-refractivity contribution >= 4 is 29.2 Å². The highest BCUT2D eigenvalue weighted by Gasteiger charge is 2.39. The summed E-state index contributed by atoms with van der Waals surface area (Å²) in [5, 5.41) is 0.596. The Hall–Kier alpha value is -2.44. The van der Waals surface area contributed by atoms with Crippen LogP contribution in [0.4, 0.5) is 0 Å². The van der Waals surface area contributed by atoms with Crippen molar-refractivity contribution in [2.45, 2.75) is 25.7 Å². The Morgan fingerprint density at radius 3 is 2.56 bits per heavy atom. The Kier molecular flexibility index (Phi) is 5.48. The van der Waals surface area contributed by atoms with Crippen molar-refractivity contribution in [2.24, 2.45) is 5.73 Å². The molecule has 1 aliphatic heterocycles. The van der Waals surface area contributed by atoms with E-state index in [9.17, 15) is 9.59 Å². The second-order valence-corrected chi connectivity index (χ2v) is 6.91. The highest BCUT2D eigenvalue weighted by Crippen LogP contribution is 2.45. The number of hydrogen-bond donors (Lipinski definition) is 2. The summed E-state index contributed by atoms with van der Waals surface area (Å²) >= 11 is 12.7.